The van der Waals surface area contributed by atoms with Crippen LogP contribution in [0.5, 0.6) is 11.5 Å². The van der Waals surface area contributed by atoms with Crippen molar-refractivity contribution in [3.8, 4) is 22.8 Å². The van der Waals surface area contributed by atoms with Crippen LogP contribution in [-0.2, 0) is 4.79 Å². The number of carbonyl (C=O) groups is 1. The molecule has 0 aliphatic carbocycles. The minimum atomic E-state index is -0.0801. The van der Waals surface area contributed by atoms with Crippen molar-refractivity contribution in [1.82, 2.24) is 4.98 Å². The number of nitrogens with one attached hydrogen (secondary N) is 1. The summed E-state index contributed by atoms with van der Waals surface area (Å²) in [5.41, 5.74) is 3.95. The predicted molar refractivity (Wildman–Crippen MR) is 130 cm³/mol. The summed E-state index contributed by atoms with van der Waals surface area (Å²) < 4.78 is 6.63. The largest absolute Gasteiger partial charge is 0.457 e. The normalized spacial score (nSPS) is 10.6. The van der Waals surface area contributed by atoms with Gasteiger partial charge in [-0.25, -0.2) is 4.98 Å². The fraction of sp³-hybridized carbons (Fsp3) is 0.0833. The number of halogens is 1. The number of rotatable bonds is 7. The summed E-state index contributed by atoms with van der Waals surface area (Å²) in [5.74, 6) is 1.60. The highest BCUT2D eigenvalue weighted by Gasteiger charge is 2.09. The first-order valence-electron chi connectivity index (χ1n) is 9.54. The van der Waals surface area contributed by atoms with Gasteiger partial charge in [-0.2, -0.15) is 0 Å². The number of benzene rings is 3. The molecule has 1 amide bonds. The highest BCUT2D eigenvalue weighted by Crippen LogP contribution is 2.29. The third kappa shape index (κ3) is 6.10. The zero-order valence-corrected chi connectivity index (χ0v) is 19.1. The fourth-order valence-corrected chi connectivity index (χ4v) is 4.51. The average molecular weight is 467 g/mol. The Balaban J connectivity index is 1.28. The molecule has 3 aromatic carbocycles. The topological polar surface area (TPSA) is 51.2 Å². The van der Waals surface area contributed by atoms with Crippen LogP contribution in [0.4, 0.5) is 5.69 Å². The van der Waals surface area contributed by atoms with Crippen molar-refractivity contribution < 1.29 is 9.53 Å². The maximum atomic E-state index is 12.3. The Morgan fingerprint density at radius 3 is 2.32 bits per heavy atom. The van der Waals surface area contributed by atoms with Crippen LogP contribution in [0.25, 0.3) is 11.3 Å². The molecule has 0 aliphatic heterocycles. The summed E-state index contributed by atoms with van der Waals surface area (Å²) in [7, 11) is 0. The number of amides is 1. The number of anilines is 1. The van der Waals surface area contributed by atoms with Gasteiger partial charge in [0, 0.05) is 21.7 Å². The van der Waals surface area contributed by atoms with E-state index in [-0.39, 0.29) is 5.91 Å². The van der Waals surface area contributed by atoms with E-state index in [2.05, 4.69) is 41.5 Å². The van der Waals surface area contributed by atoms with Gasteiger partial charge in [0.1, 0.15) is 11.5 Å². The molecule has 1 aromatic heterocycles. The molecule has 0 aliphatic rings. The highest BCUT2D eigenvalue weighted by molar-refractivity contribution is 8.01. The van der Waals surface area contributed by atoms with Gasteiger partial charge in [-0.3, -0.25) is 4.79 Å². The Labute approximate surface area is 194 Å². The molecule has 31 heavy (non-hydrogen) atoms. The van der Waals surface area contributed by atoms with E-state index in [1.165, 1.54) is 17.3 Å². The Morgan fingerprint density at radius 2 is 1.65 bits per heavy atom. The van der Waals surface area contributed by atoms with Crippen LogP contribution in [0.15, 0.2) is 82.5 Å². The van der Waals surface area contributed by atoms with Crippen molar-refractivity contribution in [1.29, 1.82) is 0 Å². The number of hydrogen-bond donors (Lipinski definition) is 1. The molecule has 0 fully saturated rings. The van der Waals surface area contributed by atoms with E-state index in [9.17, 15) is 4.79 Å². The molecule has 0 unspecified atom stereocenters. The molecule has 4 rings (SSSR count). The zero-order valence-electron chi connectivity index (χ0n) is 16.7. The average Bonchev–Trinajstić information content (AvgIpc) is 3.25. The van der Waals surface area contributed by atoms with Crippen LogP contribution in [0, 0.1) is 6.92 Å². The first-order valence-corrected chi connectivity index (χ1v) is 11.8. The molecule has 0 spiro atoms. The monoisotopic (exact) mass is 466 g/mol. The third-order valence-corrected chi connectivity index (χ3v) is 6.62. The lowest BCUT2D eigenvalue weighted by Crippen LogP contribution is -2.13. The molecule has 4 aromatic rings. The molecule has 7 heteroatoms. The first-order chi connectivity index (χ1) is 15.0. The van der Waals surface area contributed by atoms with E-state index in [1.54, 1.807) is 35.6 Å². The van der Waals surface area contributed by atoms with E-state index in [0.29, 0.717) is 28.0 Å². The molecule has 4 nitrogen and oxygen atoms in total. The van der Waals surface area contributed by atoms with Crippen LogP contribution in [0.1, 0.15) is 5.56 Å². The van der Waals surface area contributed by atoms with Crippen molar-refractivity contribution >= 4 is 46.3 Å². The Kier molecular flexibility index (Phi) is 6.92. The van der Waals surface area contributed by atoms with Crippen LogP contribution >= 0.6 is 34.7 Å². The van der Waals surface area contributed by atoms with Gasteiger partial charge in [0.25, 0.3) is 0 Å². The van der Waals surface area contributed by atoms with Crippen molar-refractivity contribution in [3.63, 3.8) is 0 Å². The zero-order chi connectivity index (χ0) is 21.6. The summed E-state index contributed by atoms with van der Waals surface area (Å²) in [6, 6.07) is 22.7. The molecule has 0 saturated carbocycles. The number of thioether (sulfide) groups is 1. The number of nitrogens with zero attached hydrogens (tertiary/aromatic N) is 1. The van der Waals surface area contributed by atoms with Gasteiger partial charge in [0.2, 0.25) is 5.91 Å². The van der Waals surface area contributed by atoms with E-state index in [4.69, 9.17) is 16.3 Å². The number of ether oxygens (including phenoxy) is 1. The van der Waals surface area contributed by atoms with Gasteiger partial charge in [-0.05, 0) is 55.5 Å². The van der Waals surface area contributed by atoms with Crippen molar-refractivity contribution in [2.75, 3.05) is 11.1 Å². The van der Waals surface area contributed by atoms with Gasteiger partial charge >= 0.3 is 0 Å². The molecule has 0 bridgehead atoms. The van der Waals surface area contributed by atoms with Crippen molar-refractivity contribution in [3.05, 3.63) is 88.8 Å². The van der Waals surface area contributed by atoms with Crippen LogP contribution in [0.3, 0.4) is 0 Å². The molecule has 0 atom stereocenters. The lowest BCUT2D eigenvalue weighted by Gasteiger charge is -2.08. The number of aromatic nitrogens is 1. The lowest BCUT2D eigenvalue weighted by atomic mass is 10.1. The van der Waals surface area contributed by atoms with Crippen molar-refractivity contribution in [2.24, 2.45) is 0 Å². The molecule has 0 radical (unpaired) electrons. The lowest BCUT2D eigenvalue weighted by molar-refractivity contribution is -0.113. The standard InChI is InChI=1S/C24H19ClN2O2S2/c1-16-2-4-17(5-3-16)22-14-30-24(27-22)31-15-23(28)26-19-8-12-21(13-9-19)29-20-10-6-18(25)7-11-20/h2-14H,15H2,1H3,(H,26,28). The maximum absolute atomic E-state index is 12.3. The summed E-state index contributed by atoms with van der Waals surface area (Å²) in [5, 5.41) is 5.58. The second kappa shape index (κ2) is 10.0. The van der Waals surface area contributed by atoms with Crippen molar-refractivity contribution in [2.45, 2.75) is 11.3 Å². The van der Waals surface area contributed by atoms with E-state index < -0.39 is 0 Å². The number of hydrogen-bond acceptors (Lipinski definition) is 5. The van der Waals surface area contributed by atoms with Crippen LogP contribution in [0.2, 0.25) is 5.02 Å². The smallest absolute Gasteiger partial charge is 0.234 e. The number of thiazole rings is 1. The highest BCUT2D eigenvalue weighted by atomic mass is 35.5. The second-order valence-electron chi connectivity index (χ2n) is 6.78. The summed E-state index contributed by atoms with van der Waals surface area (Å²) in [4.78, 5) is 16.9. The third-order valence-electron chi connectivity index (χ3n) is 4.34. The first kappa shape index (κ1) is 21.4. The molecule has 1 heterocycles. The Morgan fingerprint density at radius 1 is 1.00 bits per heavy atom. The van der Waals surface area contributed by atoms with Crippen LogP contribution in [-0.4, -0.2) is 16.6 Å². The van der Waals surface area contributed by atoms with Gasteiger partial charge in [0.05, 0.1) is 11.4 Å². The molecular formula is C24H19ClN2O2S2. The number of aryl methyl sites for hydroxylation is 1. The molecule has 0 saturated heterocycles. The van der Waals surface area contributed by atoms with E-state index >= 15 is 0 Å². The second-order valence-corrected chi connectivity index (χ2v) is 9.30. The number of carbonyl (C=O) groups excluding carboxylic acids is 1. The van der Waals surface area contributed by atoms with Gasteiger partial charge in [0.15, 0.2) is 4.34 Å². The van der Waals surface area contributed by atoms with Gasteiger partial charge in [-0.1, -0.05) is 53.2 Å². The fourth-order valence-electron chi connectivity index (χ4n) is 2.75. The summed E-state index contributed by atoms with van der Waals surface area (Å²) >= 11 is 8.86. The SMILES string of the molecule is Cc1ccc(-c2csc(SCC(=O)Nc3ccc(Oc4ccc(Cl)cc4)cc3)n2)cc1. The summed E-state index contributed by atoms with van der Waals surface area (Å²) in [6.45, 7) is 2.06. The minimum absolute atomic E-state index is 0.0801. The van der Waals surface area contributed by atoms with Gasteiger partial charge < -0.3 is 10.1 Å². The Bertz CT molecular complexity index is 1160. The maximum Gasteiger partial charge on any atom is 0.234 e. The van der Waals surface area contributed by atoms with E-state index in [0.717, 1.165) is 15.6 Å². The molecule has 156 valence electrons. The van der Waals surface area contributed by atoms with Gasteiger partial charge in [-0.15, -0.1) is 11.3 Å². The quantitative estimate of drug-likeness (QED) is 0.290. The minimum Gasteiger partial charge on any atom is -0.457 e. The molecular weight excluding hydrogens is 448 g/mol. The van der Waals surface area contributed by atoms with Crippen LogP contribution < -0.4 is 10.1 Å². The predicted octanol–water partition coefficient (Wildman–Crippen LogP) is 7.30. The molecule has 1 N–H and O–H groups in total. The summed E-state index contributed by atoms with van der Waals surface area (Å²) in [6.07, 6.45) is 0. The van der Waals surface area contributed by atoms with E-state index in [1.807, 2.05) is 29.6 Å². The Hall–Kier alpha value is -2.80.